The first-order chi connectivity index (χ1) is 9.97. The third kappa shape index (κ3) is 1.72. The summed E-state index contributed by atoms with van der Waals surface area (Å²) in [6.07, 6.45) is 11.2. The molecule has 21 heavy (non-hydrogen) atoms. The fourth-order valence-corrected chi connectivity index (χ4v) is 6.49. The molecule has 116 valence electrons. The number of hydrogen-bond donors (Lipinski definition) is 1. The van der Waals surface area contributed by atoms with Gasteiger partial charge in [0.1, 0.15) is 6.10 Å². The number of hydrogen-bond acceptors (Lipinski definition) is 2. The van der Waals surface area contributed by atoms with Crippen molar-refractivity contribution in [1.82, 2.24) is 0 Å². The van der Waals surface area contributed by atoms with Crippen LogP contribution in [0.25, 0.3) is 0 Å². The largest absolute Gasteiger partial charge is 0.385 e. The van der Waals surface area contributed by atoms with Gasteiger partial charge in [-0.1, -0.05) is 31.9 Å². The van der Waals surface area contributed by atoms with Crippen molar-refractivity contribution in [2.24, 2.45) is 28.6 Å². The van der Waals surface area contributed by atoms with Gasteiger partial charge in [0.15, 0.2) is 5.78 Å². The highest BCUT2D eigenvalue weighted by molar-refractivity contribution is 5.91. The first-order valence-electron chi connectivity index (χ1n) is 8.89. The van der Waals surface area contributed by atoms with Gasteiger partial charge in [-0.3, -0.25) is 4.79 Å². The number of Topliss-reactive ketones (excluding diaryl/α,β-unsaturated/α-hetero) is 1. The molecular weight excluding hydrogens is 260 g/mol. The molecule has 3 saturated carbocycles. The highest BCUT2D eigenvalue weighted by Crippen LogP contribution is 2.63. The van der Waals surface area contributed by atoms with Crippen LogP contribution in [0.3, 0.4) is 0 Å². The van der Waals surface area contributed by atoms with E-state index in [1.54, 1.807) is 5.57 Å². The molecule has 4 rings (SSSR count). The Labute approximate surface area is 128 Å². The second-order valence-electron chi connectivity index (χ2n) is 8.54. The average molecular weight is 288 g/mol. The first kappa shape index (κ1) is 14.0. The van der Waals surface area contributed by atoms with Gasteiger partial charge in [-0.15, -0.1) is 0 Å². The van der Waals surface area contributed by atoms with Crippen molar-refractivity contribution in [3.05, 3.63) is 11.6 Å². The Hall–Kier alpha value is -0.630. The van der Waals surface area contributed by atoms with Crippen molar-refractivity contribution in [3.63, 3.8) is 0 Å². The number of aliphatic hydroxyl groups is 1. The molecule has 0 unspecified atom stereocenters. The van der Waals surface area contributed by atoms with Crippen molar-refractivity contribution >= 4 is 5.78 Å². The van der Waals surface area contributed by atoms with Crippen molar-refractivity contribution in [3.8, 4) is 0 Å². The normalized spacial score (nSPS) is 52.7. The van der Waals surface area contributed by atoms with Crippen molar-refractivity contribution in [2.45, 2.75) is 71.3 Å². The molecule has 0 aromatic rings. The molecule has 0 amide bonds. The van der Waals surface area contributed by atoms with Gasteiger partial charge in [0.2, 0.25) is 0 Å². The van der Waals surface area contributed by atoms with Gasteiger partial charge < -0.3 is 5.11 Å². The van der Waals surface area contributed by atoms with Gasteiger partial charge in [-0.2, -0.15) is 0 Å². The highest BCUT2D eigenvalue weighted by atomic mass is 16.3. The Kier molecular flexibility index (Phi) is 2.96. The van der Waals surface area contributed by atoms with Crippen LogP contribution in [-0.4, -0.2) is 17.0 Å². The van der Waals surface area contributed by atoms with Gasteiger partial charge in [-0.05, 0) is 68.1 Å². The lowest BCUT2D eigenvalue weighted by Gasteiger charge is -2.56. The van der Waals surface area contributed by atoms with E-state index in [4.69, 9.17) is 0 Å². The minimum absolute atomic E-state index is 0.134. The van der Waals surface area contributed by atoms with Crippen molar-refractivity contribution in [2.75, 3.05) is 0 Å². The predicted molar refractivity (Wildman–Crippen MR) is 82.7 cm³/mol. The molecular formula is C19H28O2. The Morgan fingerprint density at radius 1 is 1.14 bits per heavy atom. The SMILES string of the molecule is C[C@]12CCCCC1=CC[C@@H]1[C@@H]2CC[C@]2(C)C(=O)[C@@H](O)C[C@@H]12. The third-order valence-corrected chi connectivity index (χ3v) is 7.75. The van der Waals surface area contributed by atoms with E-state index < -0.39 is 6.10 Å². The van der Waals surface area contributed by atoms with Crippen LogP contribution >= 0.6 is 0 Å². The van der Waals surface area contributed by atoms with E-state index in [1.807, 2.05) is 0 Å². The number of carbonyl (C=O) groups is 1. The number of allylic oxidation sites excluding steroid dienone is 2. The highest BCUT2D eigenvalue weighted by Gasteiger charge is 2.60. The number of carbonyl (C=O) groups excluding carboxylic acids is 1. The minimum atomic E-state index is -0.691. The maximum atomic E-state index is 12.4. The van der Waals surface area contributed by atoms with Crippen LogP contribution in [0.15, 0.2) is 11.6 Å². The summed E-state index contributed by atoms with van der Waals surface area (Å²) >= 11 is 0. The molecule has 0 aromatic carbocycles. The van der Waals surface area contributed by atoms with E-state index >= 15 is 0 Å². The smallest absolute Gasteiger partial charge is 0.167 e. The molecule has 0 aliphatic heterocycles. The number of rotatable bonds is 0. The number of fused-ring (bicyclic) bond motifs is 5. The van der Waals surface area contributed by atoms with Crippen LogP contribution in [0.4, 0.5) is 0 Å². The fraction of sp³-hybridized carbons (Fsp3) is 0.842. The summed E-state index contributed by atoms with van der Waals surface area (Å²) in [5, 5.41) is 10.1. The summed E-state index contributed by atoms with van der Waals surface area (Å²) < 4.78 is 0. The summed E-state index contributed by atoms with van der Waals surface area (Å²) in [5.74, 6) is 1.91. The topological polar surface area (TPSA) is 37.3 Å². The molecule has 0 bridgehead atoms. The quantitative estimate of drug-likeness (QED) is 0.687. The fourth-order valence-electron chi connectivity index (χ4n) is 6.49. The molecule has 1 N–H and O–H groups in total. The Bertz CT molecular complexity index is 508. The van der Waals surface area contributed by atoms with Gasteiger partial charge >= 0.3 is 0 Å². The molecule has 2 nitrogen and oxygen atoms in total. The summed E-state index contributed by atoms with van der Waals surface area (Å²) in [4.78, 5) is 12.4. The molecule has 3 fully saturated rings. The zero-order valence-electron chi connectivity index (χ0n) is 13.4. The lowest BCUT2D eigenvalue weighted by atomic mass is 9.48. The molecule has 4 aliphatic rings. The number of aliphatic hydroxyl groups excluding tert-OH is 1. The summed E-state index contributed by atoms with van der Waals surface area (Å²) in [5.41, 5.74) is 1.86. The molecule has 0 radical (unpaired) electrons. The molecule has 0 spiro atoms. The molecule has 2 heteroatoms. The van der Waals surface area contributed by atoms with E-state index in [0.29, 0.717) is 17.3 Å². The summed E-state index contributed by atoms with van der Waals surface area (Å²) in [6, 6.07) is 0. The van der Waals surface area contributed by atoms with Crippen LogP contribution in [0.1, 0.15) is 65.2 Å². The molecule has 0 heterocycles. The lowest BCUT2D eigenvalue weighted by molar-refractivity contribution is -0.136. The van der Waals surface area contributed by atoms with E-state index in [-0.39, 0.29) is 11.2 Å². The van der Waals surface area contributed by atoms with Crippen LogP contribution in [0.5, 0.6) is 0 Å². The van der Waals surface area contributed by atoms with E-state index in [9.17, 15) is 9.90 Å². The van der Waals surface area contributed by atoms with Gasteiger partial charge in [0, 0.05) is 5.41 Å². The van der Waals surface area contributed by atoms with Crippen molar-refractivity contribution in [1.29, 1.82) is 0 Å². The second kappa shape index (κ2) is 4.44. The Morgan fingerprint density at radius 3 is 2.76 bits per heavy atom. The van der Waals surface area contributed by atoms with E-state index in [2.05, 4.69) is 19.9 Å². The van der Waals surface area contributed by atoms with E-state index in [0.717, 1.165) is 25.2 Å². The first-order valence-corrected chi connectivity index (χ1v) is 8.89. The maximum Gasteiger partial charge on any atom is 0.167 e. The van der Waals surface area contributed by atoms with Crippen LogP contribution in [0, 0.1) is 28.6 Å². The van der Waals surface area contributed by atoms with Gasteiger partial charge in [-0.25, -0.2) is 0 Å². The molecule has 6 atom stereocenters. The summed E-state index contributed by atoms with van der Waals surface area (Å²) in [7, 11) is 0. The van der Waals surface area contributed by atoms with Crippen LogP contribution < -0.4 is 0 Å². The maximum absolute atomic E-state index is 12.4. The predicted octanol–water partition coefficient (Wildman–Crippen LogP) is 3.88. The third-order valence-electron chi connectivity index (χ3n) is 7.75. The molecule has 0 saturated heterocycles. The van der Waals surface area contributed by atoms with Crippen LogP contribution in [0.2, 0.25) is 0 Å². The van der Waals surface area contributed by atoms with Gasteiger partial charge in [0.25, 0.3) is 0 Å². The average Bonchev–Trinajstić information content (AvgIpc) is 2.70. The lowest BCUT2D eigenvalue weighted by Crippen LogP contribution is -2.49. The number of ketones is 1. The Morgan fingerprint density at radius 2 is 1.95 bits per heavy atom. The Balaban J connectivity index is 1.71. The van der Waals surface area contributed by atoms with Crippen molar-refractivity contribution < 1.29 is 9.90 Å². The zero-order chi connectivity index (χ0) is 14.8. The van der Waals surface area contributed by atoms with E-state index in [1.165, 1.54) is 32.1 Å². The zero-order valence-corrected chi connectivity index (χ0v) is 13.4. The molecule has 0 aromatic heterocycles. The van der Waals surface area contributed by atoms with Crippen LogP contribution in [-0.2, 0) is 4.79 Å². The monoisotopic (exact) mass is 288 g/mol. The van der Waals surface area contributed by atoms with Gasteiger partial charge in [0.05, 0.1) is 0 Å². The summed E-state index contributed by atoms with van der Waals surface area (Å²) in [6.45, 7) is 4.62. The molecule has 4 aliphatic carbocycles. The second-order valence-corrected chi connectivity index (χ2v) is 8.54. The standard InChI is InChI=1S/C19H28O2/c1-18-9-4-3-5-12(18)6-7-13-14(18)8-10-19(2)15(13)11-16(20)17(19)21/h6,13-16,20H,3-5,7-11H2,1-2H3/t13-,14+,15+,16+,18+,19+/m1/s1. The minimum Gasteiger partial charge on any atom is -0.385 e.